The number of nitrogens with two attached hydrogens (primary N) is 1. The molecule has 1 aromatic heterocycles. The molecule has 0 bridgehead atoms. The van der Waals surface area contributed by atoms with Gasteiger partial charge in [0, 0.05) is 12.6 Å². The molecule has 1 aromatic rings. The molecule has 0 radical (unpaired) electrons. The van der Waals surface area contributed by atoms with Crippen molar-refractivity contribution in [2.24, 2.45) is 0 Å². The van der Waals surface area contributed by atoms with Crippen LogP contribution in [0.5, 0.6) is 0 Å². The molecule has 2 rings (SSSR count). The van der Waals surface area contributed by atoms with Gasteiger partial charge < -0.3 is 15.4 Å². The minimum Gasteiger partial charge on any atom is -0.449 e. The number of rotatable bonds is 5. The number of sulfone groups is 1. The standard InChI is InChI=1S/C14H21N3O5S2/c1-4-17(10-5-6-24(20,21)7-10)13(18)9(3)22-14(19)11-8(2)16-23-12(11)15/h9-10H,4-7,15H2,1-3H3/t9-,10-/m0/s1. The first kappa shape index (κ1) is 18.7. The monoisotopic (exact) mass is 375 g/mol. The lowest BCUT2D eigenvalue weighted by atomic mass is 10.2. The number of ether oxygens (including phenoxy) is 1. The highest BCUT2D eigenvalue weighted by Crippen LogP contribution is 2.23. The highest BCUT2D eigenvalue weighted by atomic mass is 32.2. The highest BCUT2D eigenvalue weighted by molar-refractivity contribution is 7.91. The quantitative estimate of drug-likeness (QED) is 0.749. The van der Waals surface area contributed by atoms with Gasteiger partial charge in [0.1, 0.15) is 10.6 Å². The van der Waals surface area contributed by atoms with E-state index in [0.717, 1.165) is 11.5 Å². The first-order valence-electron chi connectivity index (χ1n) is 7.60. The summed E-state index contributed by atoms with van der Waals surface area (Å²) in [6.07, 6.45) is -0.622. The van der Waals surface area contributed by atoms with Gasteiger partial charge in [-0.1, -0.05) is 0 Å². The molecule has 1 fully saturated rings. The van der Waals surface area contributed by atoms with Crippen LogP contribution in [0.3, 0.4) is 0 Å². The lowest BCUT2D eigenvalue weighted by molar-refractivity contribution is -0.141. The van der Waals surface area contributed by atoms with Crippen molar-refractivity contribution in [2.75, 3.05) is 23.8 Å². The number of hydrogen-bond donors (Lipinski definition) is 1. The van der Waals surface area contributed by atoms with Crippen LogP contribution in [-0.2, 0) is 19.4 Å². The van der Waals surface area contributed by atoms with Crippen LogP contribution in [0.4, 0.5) is 5.00 Å². The second-order valence-corrected chi connectivity index (χ2v) is 8.77. The van der Waals surface area contributed by atoms with Crippen LogP contribution in [0, 0.1) is 6.92 Å². The first-order chi connectivity index (χ1) is 11.2. The second-order valence-electron chi connectivity index (χ2n) is 5.74. The molecule has 0 aliphatic carbocycles. The fraction of sp³-hybridized carbons (Fsp3) is 0.643. The van der Waals surface area contributed by atoms with Crippen molar-refractivity contribution in [2.45, 2.75) is 39.3 Å². The molecule has 0 unspecified atom stereocenters. The zero-order valence-corrected chi connectivity index (χ0v) is 15.4. The van der Waals surface area contributed by atoms with Crippen LogP contribution < -0.4 is 5.73 Å². The number of anilines is 1. The molecule has 2 atom stereocenters. The van der Waals surface area contributed by atoms with E-state index < -0.39 is 27.8 Å². The van der Waals surface area contributed by atoms with Gasteiger partial charge in [0.2, 0.25) is 0 Å². The fourth-order valence-corrected chi connectivity index (χ4v) is 5.13. The van der Waals surface area contributed by atoms with E-state index in [1.165, 1.54) is 11.8 Å². The molecule has 8 nitrogen and oxygen atoms in total. The second kappa shape index (κ2) is 7.06. The van der Waals surface area contributed by atoms with Gasteiger partial charge in [-0.25, -0.2) is 13.2 Å². The Bertz CT molecular complexity index is 724. The molecule has 24 heavy (non-hydrogen) atoms. The van der Waals surface area contributed by atoms with Gasteiger partial charge in [0.05, 0.1) is 17.2 Å². The molecule has 2 N–H and O–H groups in total. The Hall–Kier alpha value is -1.68. The number of carbonyl (C=O) groups is 2. The molecule has 1 aliphatic rings. The van der Waals surface area contributed by atoms with Crippen LogP contribution in [0.15, 0.2) is 0 Å². The maximum atomic E-state index is 12.6. The van der Waals surface area contributed by atoms with Gasteiger partial charge in [0.15, 0.2) is 15.9 Å². The molecule has 1 saturated heterocycles. The van der Waals surface area contributed by atoms with Crippen molar-refractivity contribution in [1.29, 1.82) is 0 Å². The highest BCUT2D eigenvalue weighted by Gasteiger charge is 2.36. The summed E-state index contributed by atoms with van der Waals surface area (Å²) < 4.78 is 32.4. The number of nitrogens with zero attached hydrogens (tertiary/aromatic N) is 2. The Labute approximate surface area is 145 Å². The van der Waals surface area contributed by atoms with Crippen LogP contribution in [0.2, 0.25) is 0 Å². The Kier molecular flexibility index (Phi) is 5.49. The minimum atomic E-state index is -3.10. The molecule has 1 amide bonds. The number of amides is 1. The number of esters is 1. The van der Waals surface area contributed by atoms with Gasteiger partial charge in [-0.15, -0.1) is 0 Å². The maximum Gasteiger partial charge on any atom is 0.343 e. The molecule has 2 heterocycles. The Morgan fingerprint density at radius 3 is 2.62 bits per heavy atom. The van der Waals surface area contributed by atoms with Gasteiger partial charge in [-0.2, -0.15) is 4.37 Å². The van der Waals surface area contributed by atoms with E-state index in [-0.39, 0.29) is 28.1 Å². The van der Waals surface area contributed by atoms with Crippen LogP contribution >= 0.6 is 11.5 Å². The van der Waals surface area contributed by atoms with E-state index in [2.05, 4.69) is 4.37 Å². The molecule has 0 spiro atoms. The predicted molar refractivity (Wildman–Crippen MR) is 90.6 cm³/mol. The number of aromatic nitrogens is 1. The number of aryl methyl sites for hydroxylation is 1. The maximum absolute atomic E-state index is 12.6. The summed E-state index contributed by atoms with van der Waals surface area (Å²) in [5, 5.41) is 0.242. The molecule has 1 aliphatic heterocycles. The predicted octanol–water partition coefficient (Wildman–Crippen LogP) is 0.615. The summed E-state index contributed by atoms with van der Waals surface area (Å²) in [5.41, 5.74) is 6.33. The fourth-order valence-electron chi connectivity index (χ4n) is 2.75. The van der Waals surface area contributed by atoms with E-state index >= 15 is 0 Å². The van der Waals surface area contributed by atoms with Crippen molar-refractivity contribution in [3.05, 3.63) is 11.3 Å². The van der Waals surface area contributed by atoms with Crippen LogP contribution in [0.25, 0.3) is 0 Å². The third-order valence-corrected chi connectivity index (χ3v) is 6.51. The number of hydrogen-bond acceptors (Lipinski definition) is 8. The summed E-state index contributed by atoms with van der Waals surface area (Å²) in [4.78, 5) is 26.2. The molecule has 134 valence electrons. The number of carbonyl (C=O) groups excluding carboxylic acids is 2. The number of likely N-dealkylation sites (N-methyl/N-ethyl adjacent to an activating group) is 1. The Morgan fingerprint density at radius 2 is 2.17 bits per heavy atom. The van der Waals surface area contributed by atoms with Crippen LogP contribution in [0.1, 0.15) is 36.3 Å². The molecular formula is C14H21N3O5S2. The molecule has 0 aromatic carbocycles. The third-order valence-electron chi connectivity index (χ3n) is 4.00. The first-order valence-corrected chi connectivity index (χ1v) is 10.2. The van der Waals surface area contributed by atoms with E-state index in [0.29, 0.717) is 18.7 Å². The largest absolute Gasteiger partial charge is 0.449 e. The smallest absolute Gasteiger partial charge is 0.343 e. The van der Waals surface area contributed by atoms with Crippen molar-refractivity contribution in [3.8, 4) is 0 Å². The van der Waals surface area contributed by atoms with Crippen molar-refractivity contribution in [3.63, 3.8) is 0 Å². The van der Waals surface area contributed by atoms with Crippen molar-refractivity contribution < 1.29 is 22.7 Å². The van der Waals surface area contributed by atoms with Crippen molar-refractivity contribution >= 4 is 38.2 Å². The van der Waals surface area contributed by atoms with Gasteiger partial charge in [0.25, 0.3) is 5.91 Å². The Balaban J connectivity index is 2.06. The third kappa shape index (κ3) is 3.86. The summed E-state index contributed by atoms with van der Waals surface area (Å²) >= 11 is 0.991. The summed E-state index contributed by atoms with van der Waals surface area (Å²) in [6.45, 7) is 5.22. The van der Waals surface area contributed by atoms with Gasteiger partial charge in [-0.3, -0.25) is 4.79 Å². The van der Waals surface area contributed by atoms with Gasteiger partial charge in [-0.05, 0) is 38.7 Å². The zero-order chi connectivity index (χ0) is 18.1. The van der Waals surface area contributed by atoms with Crippen LogP contribution in [-0.4, -0.2) is 59.8 Å². The lowest BCUT2D eigenvalue weighted by Crippen LogP contribution is -2.46. The van der Waals surface area contributed by atoms with E-state index in [1.54, 1.807) is 13.8 Å². The number of nitrogen functional groups attached to an aromatic ring is 1. The SMILES string of the molecule is CCN(C(=O)[C@H](C)OC(=O)c1c(C)nsc1N)[C@H]1CCS(=O)(=O)C1. The minimum absolute atomic E-state index is 0.0479. The lowest BCUT2D eigenvalue weighted by Gasteiger charge is -2.29. The summed E-state index contributed by atoms with van der Waals surface area (Å²) in [7, 11) is -3.10. The van der Waals surface area contributed by atoms with E-state index in [1.807, 2.05) is 0 Å². The molecule has 10 heteroatoms. The molecular weight excluding hydrogens is 354 g/mol. The Morgan fingerprint density at radius 1 is 1.50 bits per heavy atom. The van der Waals surface area contributed by atoms with Gasteiger partial charge >= 0.3 is 5.97 Å². The van der Waals surface area contributed by atoms with E-state index in [9.17, 15) is 18.0 Å². The van der Waals surface area contributed by atoms with Crippen molar-refractivity contribution in [1.82, 2.24) is 9.27 Å². The average molecular weight is 375 g/mol. The zero-order valence-electron chi connectivity index (χ0n) is 13.8. The molecule has 0 saturated carbocycles. The summed E-state index contributed by atoms with van der Waals surface area (Å²) in [6, 6.07) is -0.372. The average Bonchev–Trinajstić information content (AvgIpc) is 3.01. The van der Waals surface area contributed by atoms with E-state index in [4.69, 9.17) is 10.5 Å². The topological polar surface area (TPSA) is 120 Å². The summed E-state index contributed by atoms with van der Waals surface area (Å²) in [5.74, 6) is -1.08. The normalized spacial score (nSPS) is 20.5.